The van der Waals surface area contributed by atoms with E-state index >= 15 is 0 Å². The lowest BCUT2D eigenvalue weighted by molar-refractivity contribution is 0.0754. The number of nitrogens with one attached hydrogen (secondary N) is 1. The largest absolute Gasteiger partial charge is 0.383 e. The minimum atomic E-state index is -3.29. The third-order valence-electron chi connectivity index (χ3n) is 3.28. The van der Waals surface area contributed by atoms with Crippen molar-refractivity contribution in [1.82, 2.24) is 0 Å². The fourth-order valence-electron chi connectivity index (χ4n) is 1.98. The van der Waals surface area contributed by atoms with Gasteiger partial charge in [0.25, 0.3) is 0 Å². The van der Waals surface area contributed by atoms with E-state index in [0.717, 1.165) is 4.88 Å². The number of thiophene rings is 1. The van der Waals surface area contributed by atoms with Crippen LogP contribution in [-0.4, -0.2) is 25.8 Å². The molecule has 6 heteroatoms. The van der Waals surface area contributed by atoms with E-state index in [0.29, 0.717) is 5.69 Å². The summed E-state index contributed by atoms with van der Waals surface area (Å²) in [5.74, 6) is 0.0486. The van der Waals surface area contributed by atoms with Crippen LogP contribution in [0.15, 0.2) is 46.7 Å². The maximum atomic E-state index is 12.1. The Morgan fingerprint density at radius 2 is 1.95 bits per heavy atom. The number of aliphatic hydroxyl groups is 1. The molecule has 0 unspecified atom stereocenters. The Balaban J connectivity index is 2.22. The molecule has 114 valence electrons. The lowest BCUT2D eigenvalue weighted by Crippen LogP contribution is -2.30. The van der Waals surface area contributed by atoms with Gasteiger partial charge in [-0.2, -0.15) is 0 Å². The van der Waals surface area contributed by atoms with Crippen molar-refractivity contribution in [3.63, 3.8) is 0 Å². The van der Waals surface area contributed by atoms with Crippen molar-refractivity contribution in [2.24, 2.45) is 0 Å². The summed E-state index contributed by atoms with van der Waals surface area (Å²) in [7, 11) is -3.29. The Morgan fingerprint density at radius 1 is 1.24 bits per heavy atom. The van der Waals surface area contributed by atoms with Crippen molar-refractivity contribution < 1.29 is 13.5 Å². The van der Waals surface area contributed by atoms with Gasteiger partial charge >= 0.3 is 0 Å². The van der Waals surface area contributed by atoms with Crippen molar-refractivity contribution in [3.05, 3.63) is 46.7 Å². The highest BCUT2D eigenvalue weighted by Gasteiger charge is 2.25. The molecule has 1 heterocycles. The molecule has 2 rings (SSSR count). The molecule has 0 aliphatic heterocycles. The number of rotatable bonds is 6. The molecule has 1 atom stereocenters. The standard InChI is InChI=1S/C15H19NO3S2/c1-3-21(18,19)13-8-5-4-7-12(13)16-11-15(2,17)14-9-6-10-20-14/h4-10,16-17H,3,11H2,1-2H3/t15-/m0/s1. The van der Waals surface area contributed by atoms with Crippen molar-refractivity contribution in [1.29, 1.82) is 0 Å². The van der Waals surface area contributed by atoms with Crippen molar-refractivity contribution in [3.8, 4) is 0 Å². The zero-order valence-electron chi connectivity index (χ0n) is 12.0. The summed E-state index contributed by atoms with van der Waals surface area (Å²) in [5, 5.41) is 15.4. The molecule has 0 fully saturated rings. The van der Waals surface area contributed by atoms with Crippen LogP contribution in [0, 0.1) is 0 Å². The average molecular weight is 325 g/mol. The van der Waals surface area contributed by atoms with Crippen LogP contribution >= 0.6 is 11.3 Å². The third kappa shape index (κ3) is 3.64. The molecule has 1 aromatic heterocycles. The molecule has 21 heavy (non-hydrogen) atoms. The number of para-hydroxylation sites is 1. The monoisotopic (exact) mass is 325 g/mol. The van der Waals surface area contributed by atoms with Gasteiger partial charge in [0.05, 0.1) is 16.3 Å². The molecule has 4 nitrogen and oxygen atoms in total. The first-order chi connectivity index (χ1) is 9.87. The summed E-state index contributed by atoms with van der Waals surface area (Å²) in [6.45, 7) is 3.57. The Bertz CT molecular complexity index is 691. The molecular formula is C15H19NO3S2. The zero-order valence-corrected chi connectivity index (χ0v) is 13.7. The first kappa shape index (κ1) is 16.0. The van der Waals surface area contributed by atoms with Gasteiger partial charge in [-0.3, -0.25) is 0 Å². The molecule has 0 aliphatic carbocycles. The Hall–Kier alpha value is -1.37. The van der Waals surface area contributed by atoms with Crippen LogP contribution in [0.3, 0.4) is 0 Å². The molecule has 0 saturated carbocycles. The molecule has 0 bridgehead atoms. The second-order valence-electron chi connectivity index (χ2n) is 5.00. The van der Waals surface area contributed by atoms with Crippen LogP contribution in [-0.2, 0) is 15.4 Å². The molecule has 0 radical (unpaired) electrons. The minimum absolute atomic E-state index is 0.0486. The van der Waals surface area contributed by atoms with E-state index in [1.807, 2.05) is 17.5 Å². The van der Waals surface area contributed by atoms with Gasteiger partial charge in [0.15, 0.2) is 9.84 Å². The molecular weight excluding hydrogens is 306 g/mol. The van der Waals surface area contributed by atoms with E-state index < -0.39 is 15.4 Å². The zero-order chi connectivity index (χ0) is 15.5. The molecule has 0 spiro atoms. The third-order valence-corrected chi connectivity index (χ3v) is 6.19. The summed E-state index contributed by atoms with van der Waals surface area (Å²) in [5.41, 5.74) is -0.520. The topological polar surface area (TPSA) is 66.4 Å². The number of anilines is 1. The van der Waals surface area contributed by atoms with E-state index in [4.69, 9.17) is 0 Å². The Labute approximate surface area is 129 Å². The molecule has 0 saturated heterocycles. The smallest absolute Gasteiger partial charge is 0.180 e. The molecule has 1 aromatic carbocycles. The maximum absolute atomic E-state index is 12.1. The van der Waals surface area contributed by atoms with E-state index in [-0.39, 0.29) is 17.2 Å². The highest BCUT2D eigenvalue weighted by molar-refractivity contribution is 7.91. The number of benzene rings is 1. The van der Waals surface area contributed by atoms with E-state index in [1.54, 1.807) is 38.1 Å². The maximum Gasteiger partial charge on any atom is 0.180 e. The second-order valence-corrected chi connectivity index (χ2v) is 8.20. The van der Waals surface area contributed by atoms with Crippen molar-refractivity contribution in [2.75, 3.05) is 17.6 Å². The van der Waals surface area contributed by atoms with Crippen LogP contribution in [0.2, 0.25) is 0 Å². The van der Waals surface area contributed by atoms with E-state index in [2.05, 4.69) is 5.32 Å². The first-order valence-corrected chi connectivity index (χ1v) is 9.22. The minimum Gasteiger partial charge on any atom is -0.383 e. The fraction of sp³-hybridized carbons (Fsp3) is 0.333. The van der Waals surface area contributed by atoms with Gasteiger partial charge in [-0.15, -0.1) is 11.3 Å². The second kappa shape index (κ2) is 6.17. The van der Waals surface area contributed by atoms with Gasteiger partial charge in [-0.05, 0) is 30.5 Å². The highest BCUT2D eigenvalue weighted by atomic mass is 32.2. The summed E-state index contributed by atoms with van der Waals surface area (Å²) >= 11 is 1.47. The number of hydrogen-bond acceptors (Lipinski definition) is 5. The van der Waals surface area contributed by atoms with Gasteiger partial charge in [0, 0.05) is 11.4 Å². The van der Waals surface area contributed by atoms with E-state index in [9.17, 15) is 13.5 Å². The van der Waals surface area contributed by atoms with Gasteiger partial charge in [-0.1, -0.05) is 25.1 Å². The number of hydrogen-bond donors (Lipinski definition) is 2. The highest BCUT2D eigenvalue weighted by Crippen LogP contribution is 2.27. The van der Waals surface area contributed by atoms with Crippen LogP contribution in [0.25, 0.3) is 0 Å². The van der Waals surface area contributed by atoms with Crippen LogP contribution < -0.4 is 5.32 Å². The van der Waals surface area contributed by atoms with Crippen LogP contribution in [0.4, 0.5) is 5.69 Å². The molecule has 2 N–H and O–H groups in total. The SMILES string of the molecule is CCS(=O)(=O)c1ccccc1NC[C@](C)(O)c1cccs1. The Kier molecular flexibility index (Phi) is 4.70. The van der Waals surface area contributed by atoms with Gasteiger partial charge in [-0.25, -0.2) is 8.42 Å². The van der Waals surface area contributed by atoms with Gasteiger partial charge < -0.3 is 10.4 Å². The average Bonchev–Trinajstić information content (AvgIpc) is 3.00. The van der Waals surface area contributed by atoms with Crippen molar-refractivity contribution in [2.45, 2.75) is 24.3 Å². The first-order valence-electron chi connectivity index (χ1n) is 6.69. The van der Waals surface area contributed by atoms with Crippen molar-refractivity contribution >= 4 is 26.9 Å². The number of sulfone groups is 1. The summed E-state index contributed by atoms with van der Waals surface area (Å²) in [6, 6.07) is 10.5. The van der Waals surface area contributed by atoms with Gasteiger partial charge in [0.2, 0.25) is 0 Å². The molecule has 0 amide bonds. The normalized spacial score (nSPS) is 14.6. The predicted molar refractivity (Wildman–Crippen MR) is 86.5 cm³/mol. The fourth-order valence-corrected chi connectivity index (χ4v) is 3.84. The van der Waals surface area contributed by atoms with Gasteiger partial charge in [0.1, 0.15) is 5.60 Å². The summed E-state index contributed by atoms with van der Waals surface area (Å²) in [4.78, 5) is 1.11. The van der Waals surface area contributed by atoms with E-state index in [1.165, 1.54) is 11.3 Å². The quantitative estimate of drug-likeness (QED) is 0.857. The molecule has 0 aliphatic rings. The summed E-state index contributed by atoms with van der Waals surface area (Å²) < 4.78 is 24.1. The van der Waals surface area contributed by atoms with Crippen LogP contribution in [0.5, 0.6) is 0 Å². The lowest BCUT2D eigenvalue weighted by atomic mass is 10.1. The Morgan fingerprint density at radius 3 is 2.57 bits per heavy atom. The van der Waals surface area contributed by atoms with Crippen LogP contribution in [0.1, 0.15) is 18.7 Å². The lowest BCUT2D eigenvalue weighted by Gasteiger charge is -2.23. The predicted octanol–water partition coefficient (Wildman–Crippen LogP) is 2.86. The molecule has 2 aromatic rings. The summed E-state index contributed by atoms with van der Waals surface area (Å²) in [6.07, 6.45) is 0.